The Hall–Kier alpha value is -1.26. The van der Waals surface area contributed by atoms with Crippen molar-refractivity contribution < 1.29 is 14.2 Å². The maximum absolute atomic E-state index is 5.33. The molecule has 4 heteroatoms. The Morgan fingerprint density at radius 1 is 1.28 bits per heavy atom. The van der Waals surface area contributed by atoms with Crippen LogP contribution in [0.5, 0.6) is 11.5 Å². The van der Waals surface area contributed by atoms with E-state index < -0.39 is 0 Å². The lowest BCUT2D eigenvalue weighted by molar-refractivity contribution is 0.190. The average Bonchev–Trinajstić information content (AvgIpc) is 2.91. The Morgan fingerprint density at radius 2 is 2.11 bits per heavy atom. The zero-order valence-electron chi connectivity index (χ0n) is 11.1. The Bertz CT molecular complexity index is 375. The van der Waals surface area contributed by atoms with Crippen LogP contribution in [0.15, 0.2) is 18.2 Å². The van der Waals surface area contributed by atoms with Crippen LogP contribution in [0, 0.1) is 0 Å². The maximum Gasteiger partial charge on any atom is 0.160 e. The highest BCUT2D eigenvalue weighted by molar-refractivity contribution is 5.42. The Kier molecular flexibility index (Phi) is 4.84. The minimum absolute atomic E-state index is 0.519. The van der Waals surface area contributed by atoms with Gasteiger partial charge in [0, 0.05) is 12.6 Å². The van der Waals surface area contributed by atoms with E-state index in [2.05, 4.69) is 11.4 Å². The molecule has 4 nitrogen and oxygen atoms in total. The summed E-state index contributed by atoms with van der Waals surface area (Å²) >= 11 is 0. The van der Waals surface area contributed by atoms with E-state index >= 15 is 0 Å². The monoisotopic (exact) mass is 251 g/mol. The predicted octanol–water partition coefficient (Wildman–Crippen LogP) is 1.62. The summed E-state index contributed by atoms with van der Waals surface area (Å²) in [4.78, 5) is 0. The largest absolute Gasteiger partial charge is 0.493 e. The van der Waals surface area contributed by atoms with Gasteiger partial charge in [0.1, 0.15) is 0 Å². The first-order valence-electron chi connectivity index (χ1n) is 6.35. The van der Waals surface area contributed by atoms with Crippen LogP contribution in [-0.2, 0) is 11.2 Å². The molecule has 1 heterocycles. The predicted molar refractivity (Wildman–Crippen MR) is 70.5 cm³/mol. The normalized spacial score (nSPS) is 18.9. The Morgan fingerprint density at radius 3 is 2.78 bits per heavy atom. The molecule has 0 saturated carbocycles. The van der Waals surface area contributed by atoms with Gasteiger partial charge in [0.25, 0.3) is 0 Å². The third-order valence-electron chi connectivity index (χ3n) is 3.22. The summed E-state index contributed by atoms with van der Waals surface area (Å²) in [5.74, 6) is 1.57. The molecule has 18 heavy (non-hydrogen) atoms. The molecule has 1 N–H and O–H groups in total. The van der Waals surface area contributed by atoms with Gasteiger partial charge in [-0.3, -0.25) is 0 Å². The molecule has 1 aromatic carbocycles. The van der Waals surface area contributed by atoms with Crippen molar-refractivity contribution in [3.8, 4) is 11.5 Å². The van der Waals surface area contributed by atoms with Crippen molar-refractivity contribution in [1.82, 2.24) is 5.32 Å². The van der Waals surface area contributed by atoms with Crippen molar-refractivity contribution in [3.05, 3.63) is 23.8 Å². The summed E-state index contributed by atoms with van der Waals surface area (Å²) in [6.07, 6.45) is 2.10. The van der Waals surface area contributed by atoms with E-state index in [1.54, 1.807) is 14.2 Å². The van der Waals surface area contributed by atoms with Crippen LogP contribution in [0.3, 0.4) is 0 Å². The average molecular weight is 251 g/mol. The second-order valence-electron chi connectivity index (χ2n) is 4.45. The van der Waals surface area contributed by atoms with Gasteiger partial charge in [-0.1, -0.05) is 6.07 Å². The number of methoxy groups -OCH3 is 2. The molecule has 1 saturated heterocycles. The summed E-state index contributed by atoms with van der Waals surface area (Å²) in [5, 5.41) is 3.50. The highest BCUT2D eigenvalue weighted by atomic mass is 16.5. The lowest BCUT2D eigenvalue weighted by Crippen LogP contribution is -2.30. The van der Waals surface area contributed by atoms with Gasteiger partial charge < -0.3 is 19.5 Å². The van der Waals surface area contributed by atoms with Gasteiger partial charge in [0.05, 0.1) is 20.8 Å². The van der Waals surface area contributed by atoms with Crippen molar-refractivity contribution in [2.75, 3.05) is 34.0 Å². The summed E-state index contributed by atoms with van der Waals surface area (Å²) < 4.78 is 15.8. The highest BCUT2D eigenvalue weighted by Crippen LogP contribution is 2.27. The van der Waals surface area contributed by atoms with Crippen LogP contribution < -0.4 is 14.8 Å². The number of nitrogens with one attached hydrogen (secondary N) is 1. The van der Waals surface area contributed by atoms with E-state index in [1.807, 2.05) is 12.1 Å². The van der Waals surface area contributed by atoms with E-state index in [-0.39, 0.29) is 0 Å². The molecule has 1 fully saturated rings. The first-order valence-corrected chi connectivity index (χ1v) is 6.35. The fourth-order valence-electron chi connectivity index (χ4n) is 2.15. The fraction of sp³-hybridized carbons (Fsp3) is 0.571. The summed E-state index contributed by atoms with van der Waals surface area (Å²) in [6.45, 7) is 2.68. The second-order valence-corrected chi connectivity index (χ2v) is 4.45. The molecule has 2 rings (SSSR count). The van der Waals surface area contributed by atoms with Gasteiger partial charge in [-0.05, 0) is 37.1 Å². The van der Waals surface area contributed by atoms with Crippen LogP contribution in [0.25, 0.3) is 0 Å². The molecular weight excluding hydrogens is 230 g/mol. The Balaban J connectivity index is 1.84. The van der Waals surface area contributed by atoms with E-state index in [1.165, 1.54) is 5.56 Å². The van der Waals surface area contributed by atoms with Gasteiger partial charge in [-0.15, -0.1) is 0 Å². The molecular formula is C14H21NO3. The van der Waals surface area contributed by atoms with E-state index in [4.69, 9.17) is 14.2 Å². The molecule has 0 aliphatic carbocycles. The molecule has 100 valence electrons. The topological polar surface area (TPSA) is 39.7 Å². The second kappa shape index (κ2) is 6.61. The van der Waals surface area contributed by atoms with Crippen LogP contribution in [0.4, 0.5) is 0 Å². The standard InChI is InChI=1S/C14H21NO3/c1-16-13-4-3-11(9-14(13)17-2)5-7-15-12-6-8-18-10-12/h3-4,9,12,15H,5-8,10H2,1-2H3/t12-/m1/s1. The molecule has 0 unspecified atom stereocenters. The van der Waals surface area contributed by atoms with Gasteiger partial charge in [-0.2, -0.15) is 0 Å². The SMILES string of the molecule is COc1ccc(CCN[C@@H]2CCOC2)cc1OC. The van der Waals surface area contributed by atoms with Crippen molar-refractivity contribution in [3.63, 3.8) is 0 Å². The molecule has 1 aromatic rings. The minimum atomic E-state index is 0.519. The third kappa shape index (κ3) is 3.37. The fourth-order valence-corrected chi connectivity index (χ4v) is 2.15. The zero-order chi connectivity index (χ0) is 12.8. The molecule has 1 atom stereocenters. The van der Waals surface area contributed by atoms with E-state index in [0.717, 1.165) is 44.1 Å². The maximum atomic E-state index is 5.33. The van der Waals surface area contributed by atoms with Crippen LogP contribution in [0.2, 0.25) is 0 Å². The van der Waals surface area contributed by atoms with Crippen molar-refractivity contribution in [2.45, 2.75) is 18.9 Å². The van der Waals surface area contributed by atoms with E-state index in [9.17, 15) is 0 Å². The lowest BCUT2D eigenvalue weighted by Gasteiger charge is -2.12. The van der Waals surface area contributed by atoms with Gasteiger partial charge >= 0.3 is 0 Å². The van der Waals surface area contributed by atoms with Gasteiger partial charge in [0.2, 0.25) is 0 Å². The van der Waals surface area contributed by atoms with Crippen LogP contribution in [-0.4, -0.2) is 40.0 Å². The molecule has 1 aliphatic rings. The molecule has 0 amide bonds. The smallest absolute Gasteiger partial charge is 0.160 e. The quantitative estimate of drug-likeness (QED) is 0.834. The highest BCUT2D eigenvalue weighted by Gasteiger charge is 2.14. The van der Waals surface area contributed by atoms with Crippen molar-refractivity contribution in [2.24, 2.45) is 0 Å². The van der Waals surface area contributed by atoms with Crippen molar-refractivity contribution >= 4 is 0 Å². The number of hydrogen-bond donors (Lipinski definition) is 1. The van der Waals surface area contributed by atoms with Crippen LogP contribution in [0.1, 0.15) is 12.0 Å². The molecule has 1 aliphatic heterocycles. The molecule has 0 bridgehead atoms. The molecule has 0 radical (unpaired) electrons. The zero-order valence-corrected chi connectivity index (χ0v) is 11.1. The summed E-state index contributed by atoms with van der Waals surface area (Å²) in [7, 11) is 3.31. The van der Waals surface area contributed by atoms with Gasteiger partial charge in [0.15, 0.2) is 11.5 Å². The van der Waals surface area contributed by atoms with Crippen molar-refractivity contribution in [1.29, 1.82) is 0 Å². The van der Waals surface area contributed by atoms with Gasteiger partial charge in [-0.25, -0.2) is 0 Å². The minimum Gasteiger partial charge on any atom is -0.493 e. The molecule has 0 spiro atoms. The number of ether oxygens (including phenoxy) is 3. The first kappa shape index (κ1) is 13.2. The number of benzene rings is 1. The summed E-state index contributed by atoms with van der Waals surface area (Å²) in [6, 6.07) is 6.58. The first-order chi connectivity index (χ1) is 8.83. The Labute approximate surface area is 108 Å². The van der Waals surface area contributed by atoms with Crippen LogP contribution >= 0.6 is 0 Å². The molecule has 0 aromatic heterocycles. The third-order valence-corrected chi connectivity index (χ3v) is 3.22. The number of rotatable bonds is 6. The lowest BCUT2D eigenvalue weighted by atomic mass is 10.1. The summed E-state index contributed by atoms with van der Waals surface area (Å²) in [5.41, 5.74) is 1.25. The van der Waals surface area contributed by atoms with E-state index in [0.29, 0.717) is 6.04 Å². The number of hydrogen-bond acceptors (Lipinski definition) is 4.